The number of thiophene rings is 1. The van der Waals surface area contributed by atoms with E-state index in [1.807, 2.05) is 11.3 Å². The molecule has 0 bridgehead atoms. The minimum Gasteiger partial charge on any atom is -0.310 e. The second kappa shape index (κ2) is 6.00. The molecule has 0 saturated heterocycles. The van der Waals surface area contributed by atoms with Crippen molar-refractivity contribution in [2.24, 2.45) is 0 Å². The minimum atomic E-state index is 0.429. The molecule has 0 aliphatic rings. The van der Waals surface area contributed by atoms with Crippen LogP contribution in [0.2, 0.25) is 0 Å². The van der Waals surface area contributed by atoms with Crippen molar-refractivity contribution in [3.8, 4) is 10.4 Å². The van der Waals surface area contributed by atoms with E-state index in [-0.39, 0.29) is 0 Å². The summed E-state index contributed by atoms with van der Waals surface area (Å²) in [5, 5.41) is 3.45. The molecule has 1 aromatic heterocycles. The van der Waals surface area contributed by atoms with Crippen molar-refractivity contribution in [2.45, 2.75) is 26.8 Å². The standard InChI is InChI=1S/C15H18BrNS/c1-4-17-11(3)14-7-8-15(18-14)12-6-5-10(2)9-13(12)16/h5-9,11,17H,4H2,1-3H3. The number of hydrogen-bond donors (Lipinski definition) is 1. The van der Waals surface area contributed by atoms with Gasteiger partial charge in [-0.05, 0) is 44.2 Å². The Kier molecular flexibility index (Phi) is 4.60. The number of halogens is 1. The van der Waals surface area contributed by atoms with Gasteiger partial charge in [-0.2, -0.15) is 0 Å². The molecule has 0 fully saturated rings. The Morgan fingerprint density at radius 3 is 2.72 bits per heavy atom. The highest BCUT2D eigenvalue weighted by atomic mass is 79.9. The number of hydrogen-bond acceptors (Lipinski definition) is 2. The summed E-state index contributed by atoms with van der Waals surface area (Å²) in [7, 11) is 0. The predicted octanol–water partition coefficient (Wildman–Crippen LogP) is 5.16. The van der Waals surface area contributed by atoms with Crippen molar-refractivity contribution in [1.29, 1.82) is 0 Å². The lowest BCUT2D eigenvalue weighted by Crippen LogP contribution is -2.16. The zero-order chi connectivity index (χ0) is 13.1. The van der Waals surface area contributed by atoms with Gasteiger partial charge in [0.15, 0.2) is 0 Å². The smallest absolute Gasteiger partial charge is 0.0386 e. The SMILES string of the molecule is CCNC(C)c1ccc(-c2ccc(C)cc2Br)s1. The number of rotatable bonds is 4. The molecule has 1 heterocycles. The van der Waals surface area contributed by atoms with Crippen molar-refractivity contribution in [1.82, 2.24) is 5.32 Å². The summed E-state index contributed by atoms with van der Waals surface area (Å²) < 4.78 is 1.17. The zero-order valence-electron chi connectivity index (χ0n) is 11.0. The highest BCUT2D eigenvalue weighted by Crippen LogP contribution is 2.35. The first kappa shape index (κ1) is 13.8. The average Bonchev–Trinajstić information content (AvgIpc) is 2.78. The van der Waals surface area contributed by atoms with Gasteiger partial charge in [0.25, 0.3) is 0 Å². The summed E-state index contributed by atoms with van der Waals surface area (Å²) in [6.07, 6.45) is 0. The van der Waals surface area contributed by atoms with Gasteiger partial charge >= 0.3 is 0 Å². The van der Waals surface area contributed by atoms with E-state index in [4.69, 9.17) is 0 Å². The molecule has 0 radical (unpaired) electrons. The molecule has 1 N–H and O–H groups in total. The van der Waals surface area contributed by atoms with E-state index in [9.17, 15) is 0 Å². The predicted molar refractivity (Wildman–Crippen MR) is 84.3 cm³/mol. The number of aryl methyl sites for hydroxylation is 1. The fourth-order valence-corrected chi connectivity index (χ4v) is 3.87. The van der Waals surface area contributed by atoms with Crippen LogP contribution in [0, 0.1) is 6.92 Å². The highest BCUT2D eigenvalue weighted by Gasteiger charge is 2.10. The average molecular weight is 324 g/mol. The molecule has 1 nitrogen and oxygen atoms in total. The van der Waals surface area contributed by atoms with Crippen LogP contribution in [0.5, 0.6) is 0 Å². The van der Waals surface area contributed by atoms with E-state index in [1.54, 1.807) is 0 Å². The van der Waals surface area contributed by atoms with Crippen molar-refractivity contribution in [3.05, 3.63) is 45.2 Å². The van der Waals surface area contributed by atoms with Crippen LogP contribution in [0.4, 0.5) is 0 Å². The summed E-state index contributed by atoms with van der Waals surface area (Å²) in [5.74, 6) is 0. The van der Waals surface area contributed by atoms with E-state index in [2.05, 4.69) is 72.3 Å². The van der Waals surface area contributed by atoms with Gasteiger partial charge in [0.1, 0.15) is 0 Å². The molecule has 0 spiro atoms. The second-order valence-corrected chi connectivity index (χ2v) is 6.43. The lowest BCUT2D eigenvalue weighted by Gasteiger charge is -2.09. The van der Waals surface area contributed by atoms with Gasteiger partial charge < -0.3 is 5.32 Å². The van der Waals surface area contributed by atoms with Crippen LogP contribution in [0.25, 0.3) is 10.4 Å². The van der Waals surface area contributed by atoms with Gasteiger partial charge in [0.2, 0.25) is 0 Å². The molecule has 18 heavy (non-hydrogen) atoms. The van der Waals surface area contributed by atoms with Crippen LogP contribution < -0.4 is 5.32 Å². The molecule has 0 aliphatic heterocycles. The van der Waals surface area contributed by atoms with E-state index < -0.39 is 0 Å². The summed E-state index contributed by atoms with van der Waals surface area (Å²) >= 11 is 5.51. The molecular weight excluding hydrogens is 306 g/mol. The van der Waals surface area contributed by atoms with E-state index in [0.29, 0.717) is 6.04 Å². The van der Waals surface area contributed by atoms with Crippen molar-refractivity contribution in [2.75, 3.05) is 6.54 Å². The van der Waals surface area contributed by atoms with Crippen LogP contribution in [0.3, 0.4) is 0 Å². The van der Waals surface area contributed by atoms with E-state index >= 15 is 0 Å². The van der Waals surface area contributed by atoms with Crippen LogP contribution in [-0.2, 0) is 0 Å². The zero-order valence-corrected chi connectivity index (χ0v) is 13.4. The third kappa shape index (κ3) is 3.02. The molecular formula is C15H18BrNS. The Morgan fingerprint density at radius 2 is 2.06 bits per heavy atom. The van der Waals surface area contributed by atoms with Crippen LogP contribution >= 0.6 is 27.3 Å². The summed E-state index contributed by atoms with van der Waals surface area (Å²) in [5.41, 5.74) is 2.56. The van der Waals surface area contributed by atoms with Gasteiger partial charge in [0, 0.05) is 25.8 Å². The Hall–Kier alpha value is -0.640. The summed E-state index contributed by atoms with van der Waals surface area (Å²) in [6.45, 7) is 7.47. The molecule has 0 aliphatic carbocycles. The molecule has 2 aromatic rings. The third-order valence-electron chi connectivity index (χ3n) is 2.95. The first-order valence-electron chi connectivity index (χ1n) is 6.21. The Bertz CT molecular complexity index is 533. The molecule has 96 valence electrons. The maximum atomic E-state index is 3.65. The quantitative estimate of drug-likeness (QED) is 0.819. The Morgan fingerprint density at radius 1 is 1.28 bits per heavy atom. The maximum absolute atomic E-state index is 3.65. The molecule has 0 amide bonds. The third-order valence-corrected chi connectivity index (χ3v) is 4.91. The van der Waals surface area contributed by atoms with Crippen molar-refractivity contribution >= 4 is 27.3 Å². The first-order valence-corrected chi connectivity index (χ1v) is 7.82. The largest absolute Gasteiger partial charge is 0.310 e. The summed E-state index contributed by atoms with van der Waals surface area (Å²) in [4.78, 5) is 2.71. The monoisotopic (exact) mass is 323 g/mol. The lowest BCUT2D eigenvalue weighted by atomic mass is 10.1. The molecule has 2 rings (SSSR count). The number of benzene rings is 1. The topological polar surface area (TPSA) is 12.0 Å². The van der Waals surface area contributed by atoms with Crippen molar-refractivity contribution in [3.63, 3.8) is 0 Å². The Balaban J connectivity index is 2.29. The molecule has 0 saturated carbocycles. The molecule has 1 atom stereocenters. The fraction of sp³-hybridized carbons (Fsp3) is 0.333. The normalized spacial score (nSPS) is 12.7. The molecule has 1 aromatic carbocycles. The molecule has 3 heteroatoms. The van der Waals surface area contributed by atoms with E-state index in [1.165, 1.54) is 25.4 Å². The van der Waals surface area contributed by atoms with Gasteiger partial charge in [-0.1, -0.05) is 35.0 Å². The Labute approximate surface area is 121 Å². The minimum absolute atomic E-state index is 0.429. The van der Waals surface area contributed by atoms with Gasteiger partial charge in [-0.25, -0.2) is 0 Å². The lowest BCUT2D eigenvalue weighted by molar-refractivity contribution is 0.607. The highest BCUT2D eigenvalue weighted by molar-refractivity contribution is 9.10. The fourth-order valence-electron chi connectivity index (χ4n) is 1.96. The summed E-state index contributed by atoms with van der Waals surface area (Å²) in [6, 6.07) is 11.4. The van der Waals surface area contributed by atoms with Gasteiger partial charge in [-0.3, -0.25) is 0 Å². The maximum Gasteiger partial charge on any atom is 0.0386 e. The molecule has 1 unspecified atom stereocenters. The number of nitrogens with one attached hydrogen (secondary N) is 1. The van der Waals surface area contributed by atoms with Crippen LogP contribution in [0.15, 0.2) is 34.8 Å². The van der Waals surface area contributed by atoms with Gasteiger partial charge in [0.05, 0.1) is 0 Å². The second-order valence-electron chi connectivity index (χ2n) is 4.46. The van der Waals surface area contributed by atoms with Gasteiger partial charge in [-0.15, -0.1) is 11.3 Å². The van der Waals surface area contributed by atoms with Crippen LogP contribution in [-0.4, -0.2) is 6.54 Å². The first-order chi connectivity index (χ1) is 8.61. The van der Waals surface area contributed by atoms with Crippen LogP contribution in [0.1, 0.15) is 30.3 Å². The van der Waals surface area contributed by atoms with Crippen molar-refractivity contribution < 1.29 is 0 Å². The van der Waals surface area contributed by atoms with E-state index in [0.717, 1.165) is 6.54 Å².